The van der Waals surface area contributed by atoms with Gasteiger partial charge in [0.15, 0.2) is 11.4 Å². The Hall–Kier alpha value is -4.00. The van der Waals surface area contributed by atoms with Crippen LogP contribution >= 0.6 is 0 Å². The summed E-state index contributed by atoms with van der Waals surface area (Å²) in [5.41, 5.74) is 4.05. The molecule has 1 atom stereocenters. The summed E-state index contributed by atoms with van der Waals surface area (Å²) in [5.74, 6) is -0.0558. The monoisotopic (exact) mass is 455 g/mol. The van der Waals surface area contributed by atoms with Gasteiger partial charge in [0.25, 0.3) is 5.91 Å². The first-order chi connectivity index (χ1) is 16.6. The van der Waals surface area contributed by atoms with Gasteiger partial charge in [-0.1, -0.05) is 48.6 Å². The normalized spacial score (nSPS) is 20.0. The van der Waals surface area contributed by atoms with Crippen molar-refractivity contribution in [2.45, 2.75) is 25.3 Å². The van der Waals surface area contributed by atoms with E-state index < -0.39 is 11.2 Å². The van der Waals surface area contributed by atoms with Gasteiger partial charge in [-0.15, -0.1) is 0 Å². The van der Waals surface area contributed by atoms with Crippen molar-refractivity contribution in [3.05, 3.63) is 105 Å². The van der Waals surface area contributed by atoms with E-state index >= 15 is 0 Å². The van der Waals surface area contributed by atoms with Crippen LogP contribution in [0.4, 0.5) is 0 Å². The molecule has 0 saturated heterocycles. The first-order valence-electron chi connectivity index (χ1n) is 11.6. The van der Waals surface area contributed by atoms with Gasteiger partial charge in [-0.3, -0.25) is 19.3 Å². The Labute approximate surface area is 197 Å². The van der Waals surface area contributed by atoms with E-state index in [0.29, 0.717) is 26.2 Å². The second kappa shape index (κ2) is 8.09. The highest BCUT2D eigenvalue weighted by Gasteiger charge is 2.39. The van der Waals surface area contributed by atoms with Crippen LogP contribution in [0.25, 0.3) is 0 Å². The molecule has 6 rings (SSSR count). The summed E-state index contributed by atoms with van der Waals surface area (Å²) in [5, 5.41) is 12.8. The van der Waals surface area contributed by atoms with Gasteiger partial charge in [0.2, 0.25) is 5.43 Å². The number of carbonyl (C=O) groups excluding carboxylic acids is 1. The van der Waals surface area contributed by atoms with Crippen LogP contribution in [0.3, 0.4) is 0 Å². The molecule has 0 saturated carbocycles. The van der Waals surface area contributed by atoms with E-state index in [1.807, 2.05) is 30.4 Å². The summed E-state index contributed by atoms with van der Waals surface area (Å²) in [6.07, 6.45) is 7.98. The zero-order chi connectivity index (χ0) is 23.2. The molecule has 1 aromatic heterocycles. The molecule has 2 aliphatic heterocycles. The van der Waals surface area contributed by atoms with Crippen molar-refractivity contribution in [2.75, 3.05) is 24.8 Å². The molecule has 3 heterocycles. The van der Waals surface area contributed by atoms with Crippen LogP contribution in [0.15, 0.2) is 71.7 Å². The van der Waals surface area contributed by atoms with Crippen molar-refractivity contribution in [3.8, 4) is 11.5 Å². The van der Waals surface area contributed by atoms with Crippen LogP contribution in [0.2, 0.25) is 0 Å². The van der Waals surface area contributed by atoms with Crippen molar-refractivity contribution in [1.82, 2.24) is 9.58 Å². The third-order valence-corrected chi connectivity index (χ3v) is 6.94. The number of benzene rings is 2. The molecule has 3 aromatic rings. The molecule has 7 heteroatoms. The predicted molar refractivity (Wildman–Crippen MR) is 128 cm³/mol. The number of amides is 1. The van der Waals surface area contributed by atoms with Crippen molar-refractivity contribution in [2.24, 2.45) is 0 Å². The fourth-order valence-electron chi connectivity index (χ4n) is 5.33. The minimum atomic E-state index is -0.562. The Kier molecular flexibility index (Phi) is 4.90. The van der Waals surface area contributed by atoms with E-state index in [1.165, 1.54) is 17.2 Å². The number of ether oxygens (including phenoxy) is 1. The smallest absolute Gasteiger partial charge is 0.277 e. The maximum Gasteiger partial charge on any atom is 0.277 e. The molecule has 0 spiro atoms. The number of aromatic hydroxyl groups is 1. The molecule has 172 valence electrons. The number of aryl methyl sites for hydroxylation is 2. The highest BCUT2D eigenvalue weighted by molar-refractivity contribution is 5.96. The Bertz CT molecular complexity index is 1380. The maximum absolute atomic E-state index is 13.4. The quantitative estimate of drug-likeness (QED) is 0.527. The van der Waals surface area contributed by atoms with Crippen LogP contribution in [0.5, 0.6) is 11.5 Å². The van der Waals surface area contributed by atoms with Crippen LogP contribution in [0.1, 0.15) is 45.2 Å². The molecule has 7 nitrogen and oxygen atoms in total. The van der Waals surface area contributed by atoms with Crippen LogP contribution < -0.4 is 15.2 Å². The summed E-state index contributed by atoms with van der Waals surface area (Å²) in [6, 6.07) is 15.6. The Morgan fingerprint density at radius 1 is 0.941 bits per heavy atom. The van der Waals surface area contributed by atoms with Gasteiger partial charge in [-0.05, 0) is 42.0 Å². The molecule has 34 heavy (non-hydrogen) atoms. The van der Waals surface area contributed by atoms with E-state index in [0.717, 1.165) is 29.7 Å². The number of hydrogen-bond acceptors (Lipinski definition) is 5. The van der Waals surface area contributed by atoms with Gasteiger partial charge < -0.3 is 14.7 Å². The van der Waals surface area contributed by atoms with Crippen molar-refractivity contribution in [3.63, 3.8) is 0 Å². The van der Waals surface area contributed by atoms with Crippen molar-refractivity contribution in [1.29, 1.82) is 0 Å². The van der Waals surface area contributed by atoms with Gasteiger partial charge in [0.05, 0.1) is 0 Å². The molecule has 2 aromatic carbocycles. The lowest BCUT2D eigenvalue weighted by atomic mass is 9.93. The highest BCUT2D eigenvalue weighted by Crippen LogP contribution is 2.42. The molecule has 1 amide bonds. The second-order valence-corrected chi connectivity index (χ2v) is 8.87. The van der Waals surface area contributed by atoms with Gasteiger partial charge in [-0.25, -0.2) is 0 Å². The lowest BCUT2D eigenvalue weighted by molar-refractivity contribution is 0.0682. The Balaban J connectivity index is 1.67. The fourth-order valence-corrected chi connectivity index (χ4v) is 5.33. The molecule has 0 radical (unpaired) electrons. The fraction of sp³-hybridized carbons (Fsp3) is 0.259. The standard InChI is InChI=1S/C27H25N3O4/c31-21-13-15-29-25(26(21)32)27(33)28-14-4-1-5-16-34-22-10-6-8-19-12-11-18-7-2-3-9-20(18)24(23(19)22)30(29)17-28/h1-3,5-10,13,15,24,32H,4,11-12,14,16-17H2/b5-1-/t24-/m0/s1. The Morgan fingerprint density at radius 2 is 1.76 bits per heavy atom. The maximum atomic E-state index is 13.4. The van der Waals surface area contributed by atoms with E-state index in [9.17, 15) is 14.7 Å². The summed E-state index contributed by atoms with van der Waals surface area (Å²) < 4.78 is 7.92. The second-order valence-electron chi connectivity index (χ2n) is 8.87. The lowest BCUT2D eigenvalue weighted by Gasteiger charge is -2.44. The summed E-state index contributed by atoms with van der Waals surface area (Å²) in [6.45, 7) is 1.23. The number of pyridine rings is 1. The number of hydrogen-bond donors (Lipinski definition) is 1. The number of nitrogens with zero attached hydrogens (tertiary/aromatic N) is 3. The average Bonchev–Trinajstić information content (AvgIpc) is 3.01. The topological polar surface area (TPSA) is 75.0 Å². The van der Waals surface area contributed by atoms with E-state index in [4.69, 9.17) is 4.74 Å². The van der Waals surface area contributed by atoms with Gasteiger partial charge >= 0.3 is 0 Å². The van der Waals surface area contributed by atoms with E-state index in [-0.39, 0.29) is 17.6 Å². The first-order valence-corrected chi connectivity index (χ1v) is 11.6. The third-order valence-electron chi connectivity index (χ3n) is 6.94. The number of carbonyl (C=O) groups is 1. The summed E-state index contributed by atoms with van der Waals surface area (Å²) >= 11 is 0. The van der Waals surface area contributed by atoms with Gasteiger partial charge in [0, 0.05) is 24.4 Å². The van der Waals surface area contributed by atoms with Crippen LogP contribution in [-0.4, -0.2) is 40.4 Å². The molecular formula is C27H25N3O4. The number of aromatic nitrogens is 1. The lowest BCUT2D eigenvalue weighted by Crippen LogP contribution is -2.55. The Morgan fingerprint density at radius 3 is 2.68 bits per heavy atom. The van der Waals surface area contributed by atoms with Gasteiger partial charge in [-0.2, -0.15) is 0 Å². The molecular weight excluding hydrogens is 430 g/mol. The summed E-state index contributed by atoms with van der Waals surface area (Å²) in [7, 11) is 0. The molecule has 1 N–H and O–H groups in total. The van der Waals surface area contributed by atoms with Crippen LogP contribution in [-0.2, 0) is 12.8 Å². The molecule has 2 bridgehead atoms. The molecule has 0 unspecified atom stereocenters. The van der Waals surface area contributed by atoms with Crippen LogP contribution in [0, 0.1) is 0 Å². The highest BCUT2D eigenvalue weighted by atomic mass is 16.5. The SMILES string of the molecule is O=C1c2c(O)c(=O)ccn2N2CN1CC/C=C\COc1cccc3c1[C@@H]2c1ccccc1CC3. The third kappa shape index (κ3) is 3.19. The zero-order valence-electron chi connectivity index (χ0n) is 18.7. The molecule has 1 aliphatic carbocycles. The van der Waals surface area contributed by atoms with Crippen molar-refractivity contribution >= 4 is 5.91 Å². The molecule has 3 aliphatic rings. The van der Waals surface area contributed by atoms with Gasteiger partial charge in [0.1, 0.15) is 25.1 Å². The number of fused-ring (bicyclic) bond motifs is 7. The summed E-state index contributed by atoms with van der Waals surface area (Å²) in [4.78, 5) is 27.4. The predicted octanol–water partition coefficient (Wildman–Crippen LogP) is 3.13. The zero-order valence-corrected chi connectivity index (χ0v) is 18.7. The molecule has 0 fully saturated rings. The van der Waals surface area contributed by atoms with E-state index in [1.54, 1.807) is 15.8 Å². The first kappa shape index (κ1) is 20.6. The van der Waals surface area contributed by atoms with E-state index in [2.05, 4.69) is 29.3 Å². The average molecular weight is 456 g/mol. The van der Waals surface area contributed by atoms with Crippen molar-refractivity contribution < 1.29 is 14.6 Å². The largest absolute Gasteiger partial charge is 0.502 e. The minimum Gasteiger partial charge on any atom is -0.502 e. The minimum absolute atomic E-state index is 0.00136. The number of rotatable bonds is 0.